The van der Waals surface area contributed by atoms with Crippen molar-refractivity contribution < 1.29 is 24.3 Å². The molecule has 0 aliphatic heterocycles. The molecule has 3 aromatic heterocycles. The molecule has 0 aliphatic carbocycles. The Kier molecular flexibility index (Phi) is 4.12. The fourth-order valence-electron chi connectivity index (χ4n) is 2.20. The monoisotopic (exact) mass is 367 g/mol. The Hall–Kier alpha value is -2.65. The molecule has 3 rings (SSSR count). The Morgan fingerprint density at radius 3 is 2.67 bits per heavy atom. The van der Waals surface area contributed by atoms with Crippen molar-refractivity contribution >= 4 is 34.9 Å². The maximum Gasteiger partial charge on any atom is 0.372 e. The number of nitrogens with zero attached hydrogens (tertiary/aromatic N) is 3. The average Bonchev–Trinajstić information content (AvgIpc) is 3.20. The van der Waals surface area contributed by atoms with Crippen molar-refractivity contribution in [1.82, 2.24) is 14.7 Å². The van der Waals surface area contributed by atoms with E-state index in [4.69, 9.17) is 21.2 Å². The Bertz CT molecular complexity index is 942. The summed E-state index contributed by atoms with van der Waals surface area (Å²) >= 11 is 7.20. The molecule has 3 heterocycles. The van der Waals surface area contributed by atoms with Crippen molar-refractivity contribution in [3.05, 3.63) is 45.4 Å². The molecule has 0 saturated carbocycles. The second kappa shape index (κ2) is 6.10. The summed E-state index contributed by atoms with van der Waals surface area (Å²) in [7, 11) is 0. The summed E-state index contributed by atoms with van der Waals surface area (Å²) in [4.78, 5) is 26.9. The smallest absolute Gasteiger partial charge is 0.372 e. The van der Waals surface area contributed by atoms with E-state index < -0.39 is 11.9 Å². The van der Waals surface area contributed by atoms with E-state index >= 15 is 0 Å². The number of imidazole rings is 1. The van der Waals surface area contributed by atoms with Gasteiger partial charge in [0.25, 0.3) is 0 Å². The van der Waals surface area contributed by atoms with Gasteiger partial charge >= 0.3 is 11.9 Å². The zero-order valence-electron chi connectivity index (χ0n) is 12.2. The van der Waals surface area contributed by atoms with Crippen LogP contribution < -0.4 is 0 Å². The van der Waals surface area contributed by atoms with Gasteiger partial charge in [0.1, 0.15) is 5.69 Å². The number of hydrogen-bond donors (Lipinski definition) is 2. The number of carbonyl (C=O) groups is 2. The van der Waals surface area contributed by atoms with Gasteiger partial charge in [-0.2, -0.15) is 0 Å². The Morgan fingerprint density at radius 1 is 1.33 bits per heavy atom. The predicted molar refractivity (Wildman–Crippen MR) is 84.8 cm³/mol. The minimum Gasteiger partial charge on any atom is -0.476 e. The highest BCUT2D eigenvalue weighted by atomic mass is 35.5. The molecule has 0 saturated heterocycles. The summed E-state index contributed by atoms with van der Waals surface area (Å²) in [6.45, 7) is 1.51. The molecule has 2 N–H and O–H groups in total. The average molecular weight is 368 g/mol. The highest BCUT2D eigenvalue weighted by Gasteiger charge is 2.24. The first-order valence-electron chi connectivity index (χ1n) is 6.62. The maximum atomic E-state index is 11.3. The van der Waals surface area contributed by atoms with Crippen molar-refractivity contribution in [3.8, 4) is 10.6 Å². The minimum atomic E-state index is -1.32. The highest BCUT2D eigenvalue weighted by Crippen LogP contribution is 2.31. The van der Waals surface area contributed by atoms with Crippen LogP contribution in [0.1, 0.15) is 32.5 Å². The van der Waals surface area contributed by atoms with Crippen LogP contribution in [0.4, 0.5) is 0 Å². The number of halogens is 1. The van der Waals surface area contributed by atoms with Crippen molar-refractivity contribution in [2.75, 3.05) is 0 Å². The molecular formula is C14H10ClN3O5S. The first-order valence-corrected chi connectivity index (χ1v) is 7.81. The third kappa shape index (κ3) is 2.91. The molecule has 0 atom stereocenters. The molecule has 0 amide bonds. The van der Waals surface area contributed by atoms with Crippen LogP contribution in [0, 0.1) is 6.92 Å². The van der Waals surface area contributed by atoms with Crippen molar-refractivity contribution in [1.29, 1.82) is 0 Å². The molecular weight excluding hydrogens is 358 g/mol. The second-order valence-corrected chi connectivity index (χ2v) is 6.57. The van der Waals surface area contributed by atoms with Crippen LogP contribution in [0.3, 0.4) is 0 Å². The van der Waals surface area contributed by atoms with Gasteiger partial charge in [0.05, 0.1) is 21.5 Å². The molecule has 24 heavy (non-hydrogen) atoms. The Morgan fingerprint density at radius 2 is 2.08 bits per heavy atom. The zero-order chi connectivity index (χ0) is 17.4. The fraction of sp³-hybridized carbons (Fsp3) is 0.143. The van der Waals surface area contributed by atoms with Gasteiger partial charge in [0, 0.05) is 6.07 Å². The van der Waals surface area contributed by atoms with Gasteiger partial charge < -0.3 is 19.3 Å². The lowest BCUT2D eigenvalue weighted by atomic mass is 10.3. The van der Waals surface area contributed by atoms with Crippen molar-refractivity contribution in [2.24, 2.45) is 0 Å². The molecule has 0 spiro atoms. The van der Waals surface area contributed by atoms with E-state index in [1.807, 2.05) is 0 Å². The van der Waals surface area contributed by atoms with Crippen LogP contribution in [-0.2, 0) is 6.54 Å². The van der Waals surface area contributed by atoms with E-state index in [1.54, 1.807) is 18.2 Å². The van der Waals surface area contributed by atoms with Crippen LogP contribution in [0.2, 0.25) is 4.34 Å². The van der Waals surface area contributed by atoms with Crippen molar-refractivity contribution in [3.63, 3.8) is 0 Å². The van der Waals surface area contributed by atoms with E-state index in [1.165, 1.54) is 22.8 Å². The molecule has 10 heteroatoms. The van der Waals surface area contributed by atoms with E-state index in [9.17, 15) is 14.7 Å². The quantitative estimate of drug-likeness (QED) is 0.711. The van der Waals surface area contributed by atoms with Gasteiger partial charge in [-0.3, -0.25) is 0 Å². The fourth-order valence-corrected chi connectivity index (χ4v) is 3.20. The summed E-state index contributed by atoms with van der Waals surface area (Å²) in [5.74, 6) is -2.48. The van der Waals surface area contributed by atoms with E-state index in [0.717, 1.165) is 4.88 Å². The molecule has 0 bridgehead atoms. The number of rotatable bonds is 5. The summed E-state index contributed by atoms with van der Waals surface area (Å²) in [5, 5.41) is 22.2. The molecule has 0 aromatic carbocycles. The molecule has 124 valence electrons. The van der Waals surface area contributed by atoms with E-state index in [-0.39, 0.29) is 23.8 Å². The van der Waals surface area contributed by atoms with Gasteiger partial charge in [0.15, 0.2) is 11.5 Å². The molecule has 0 radical (unpaired) electrons. The lowest BCUT2D eigenvalue weighted by Gasteiger charge is -2.04. The normalized spacial score (nSPS) is 10.9. The van der Waals surface area contributed by atoms with Gasteiger partial charge in [-0.05, 0) is 19.1 Å². The third-order valence-electron chi connectivity index (χ3n) is 3.31. The largest absolute Gasteiger partial charge is 0.476 e. The van der Waals surface area contributed by atoms with Gasteiger partial charge in [-0.1, -0.05) is 16.8 Å². The third-order valence-corrected chi connectivity index (χ3v) is 4.56. The van der Waals surface area contributed by atoms with Gasteiger partial charge in [-0.25, -0.2) is 14.6 Å². The Labute approximate surface area is 143 Å². The number of carboxylic acid groups (broad SMARTS) is 2. The minimum absolute atomic E-state index is 0.0242. The lowest BCUT2D eigenvalue weighted by molar-refractivity contribution is 0.0678. The number of carboxylic acids is 2. The van der Waals surface area contributed by atoms with Crippen molar-refractivity contribution in [2.45, 2.75) is 13.5 Å². The summed E-state index contributed by atoms with van der Waals surface area (Å²) in [6, 6.07) is 5.16. The highest BCUT2D eigenvalue weighted by molar-refractivity contribution is 7.19. The molecule has 0 fully saturated rings. The summed E-state index contributed by atoms with van der Waals surface area (Å²) in [6.07, 6.45) is 0. The lowest BCUT2D eigenvalue weighted by Crippen LogP contribution is -2.12. The van der Waals surface area contributed by atoms with Crippen LogP contribution in [0.25, 0.3) is 10.6 Å². The molecule has 3 aromatic rings. The number of aromatic carboxylic acids is 2. The van der Waals surface area contributed by atoms with Gasteiger partial charge in [0.2, 0.25) is 5.82 Å². The van der Waals surface area contributed by atoms with E-state index in [0.29, 0.717) is 15.8 Å². The Balaban J connectivity index is 1.95. The van der Waals surface area contributed by atoms with Gasteiger partial charge in [-0.15, -0.1) is 11.3 Å². The standard InChI is InChI=1S/C14H10ClN3O5S/c1-6-11(13(19)20)16-12(14(21)22)18(6)5-7-4-8(23-17-7)9-2-3-10(15)24-9/h2-4H,5H2,1H3,(H,19,20)(H,21,22). The van der Waals surface area contributed by atoms with Crippen LogP contribution >= 0.6 is 22.9 Å². The van der Waals surface area contributed by atoms with Crippen LogP contribution in [0.15, 0.2) is 22.7 Å². The van der Waals surface area contributed by atoms with Crippen LogP contribution in [-0.4, -0.2) is 36.9 Å². The number of hydrogen-bond acceptors (Lipinski definition) is 6. The predicted octanol–water partition coefficient (Wildman–Crippen LogP) is 3.01. The topological polar surface area (TPSA) is 118 Å². The first kappa shape index (κ1) is 16.2. The maximum absolute atomic E-state index is 11.3. The van der Waals surface area contributed by atoms with Crippen LogP contribution in [0.5, 0.6) is 0 Å². The summed E-state index contributed by atoms with van der Waals surface area (Å²) < 4.78 is 7.11. The molecule has 8 nitrogen and oxygen atoms in total. The first-order chi connectivity index (χ1) is 11.4. The molecule has 0 aliphatic rings. The second-order valence-electron chi connectivity index (χ2n) is 4.85. The SMILES string of the molecule is Cc1c(C(=O)O)nc(C(=O)O)n1Cc1cc(-c2ccc(Cl)s2)on1. The number of thiophene rings is 1. The van der Waals surface area contributed by atoms with E-state index in [2.05, 4.69) is 10.1 Å². The zero-order valence-corrected chi connectivity index (χ0v) is 13.8. The molecule has 0 unspecified atom stereocenters. The summed E-state index contributed by atoms with van der Waals surface area (Å²) in [5.41, 5.74) is 0.360. The number of aromatic nitrogens is 3.